The van der Waals surface area contributed by atoms with Crippen LogP contribution in [0.15, 0.2) is 24.3 Å². The number of hydrogen-bond donors (Lipinski definition) is 1. The van der Waals surface area contributed by atoms with E-state index in [1.807, 2.05) is 28.9 Å². The molecule has 0 bridgehead atoms. The van der Waals surface area contributed by atoms with Gasteiger partial charge in [-0.3, -0.25) is 0 Å². The van der Waals surface area contributed by atoms with Gasteiger partial charge in [0, 0.05) is 11.0 Å². The number of benzene rings is 1. The molecule has 1 heterocycles. The zero-order chi connectivity index (χ0) is 14.0. The molecule has 2 rings (SSSR count). The van der Waals surface area contributed by atoms with Crippen LogP contribution >= 0.6 is 0 Å². The lowest BCUT2D eigenvalue weighted by Crippen LogP contribution is -2.20. The molecule has 0 radical (unpaired) electrons. The van der Waals surface area contributed by atoms with Crippen LogP contribution in [-0.4, -0.2) is 22.1 Å². The van der Waals surface area contributed by atoms with Crippen molar-refractivity contribution in [2.75, 3.05) is 12.8 Å². The van der Waals surface area contributed by atoms with Crippen LogP contribution in [0.5, 0.6) is 5.75 Å². The molecule has 0 amide bonds. The largest absolute Gasteiger partial charge is 0.496 e. The van der Waals surface area contributed by atoms with Crippen LogP contribution in [0, 0.1) is 0 Å². The molecule has 0 aliphatic carbocycles. The number of aromatic nitrogens is 3. The predicted octanol–water partition coefficient (Wildman–Crippen LogP) is 2.21. The standard InChI is InChI=1S/C14H20N4O/c1-14(2,3)12-13(15)16-17-18(12)9-10-7-5-6-8-11(10)19-4/h5-8H,9,15H2,1-4H3. The maximum absolute atomic E-state index is 5.93. The summed E-state index contributed by atoms with van der Waals surface area (Å²) in [5.74, 6) is 1.33. The Kier molecular flexibility index (Phi) is 3.46. The summed E-state index contributed by atoms with van der Waals surface area (Å²) in [6, 6.07) is 7.88. The summed E-state index contributed by atoms with van der Waals surface area (Å²) in [5, 5.41) is 8.12. The van der Waals surface area contributed by atoms with Crippen molar-refractivity contribution in [3.05, 3.63) is 35.5 Å². The Balaban J connectivity index is 2.39. The van der Waals surface area contributed by atoms with Crippen molar-refractivity contribution in [2.24, 2.45) is 0 Å². The van der Waals surface area contributed by atoms with Gasteiger partial charge in [-0.15, -0.1) is 5.10 Å². The fourth-order valence-corrected chi connectivity index (χ4v) is 2.20. The molecule has 0 fully saturated rings. The van der Waals surface area contributed by atoms with E-state index in [1.165, 1.54) is 0 Å². The minimum atomic E-state index is -0.102. The van der Waals surface area contributed by atoms with Crippen molar-refractivity contribution < 1.29 is 4.74 Å². The van der Waals surface area contributed by atoms with Crippen LogP contribution in [0.3, 0.4) is 0 Å². The summed E-state index contributed by atoms with van der Waals surface area (Å²) >= 11 is 0. The number of nitrogen functional groups attached to an aromatic ring is 1. The van der Waals surface area contributed by atoms with E-state index in [0.717, 1.165) is 17.0 Å². The summed E-state index contributed by atoms with van der Waals surface area (Å²) < 4.78 is 7.20. The molecule has 1 aromatic heterocycles. The van der Waals surface area contributed by atoms with Gasteiger partial charge < -0.3 is 10.5 Å². The van der Waals surface area contributed by atoms with Gasteiger partial charge in [-0.25, -0.2) is 4.68 Å². The summed E-state index contributed by atoms with van der Waals surface area (Å²) in [4.78, 5) is 0. The average Bonchev–Trinajstić information content (AvgIpc) is 2.71. The molecule has 0 aliphatic rings. The van der Waals surface area contributed by atoms with Gasteiger partial charge in [0.15, 0.2) is 5.82 Å². The highest BCUT2D eigenvalue weighted by Gasteiger charge is 2.24. The molecule has 2 N–H and O–H groups in total. The van der Waals surface area contributed by atoms with E-state index in [9.17, 15) is 0 Å². The third kappa shape index (κ3) is 2.70. The van der Waals surface area contributed by atoms with Crippen molar-refractivity contribution >= 4 is 5.82 Å². The average molecular weight is 260 g/mol. The van der Waals surface area contributed by atoms with Crippen molar-refractivity contribution in [3.8, 4) is 5.75 Å². The lowest BCUT2D eigenvalue weighted by molar-refractivity contribution is 0.405. The third-order valence-corrected chi connectivity index (χ3v) is 2.98. The van der Waals surface area contributed by atoms with Crippen LogP contribution < -0.4 is 10.5 Å². The fourth-order valence-electron chi connectivity index (χ4n) is 2.20. The van der Waals surface area contributed by atoms with Gasteiger partial charge >= 0.3 is 0 Å². The lowest BCUT2D eigenvalue weighted by atomic mass is 9.91. The SMILES string of the molecule is COc1ccccc1Cn1nnc(N)c1C(C)(C)C. The molecule has 0 saturated carbocycles. The molecule has 19 heavy (non-hydrogen) atoms. The normalized spacial score (nSPS) is 11.6. The van der Waals surface area contributed by atoms with E-state index < -0.39 is 0 Å². The third-order valence-electron chi connectivity index (χ3n) is 2.98. The van der Waals surface area contributed by atoms with Crippen LogP contribution in [-0.2, 0) is 12.0 Å². The highest BCUT2D eigenvalue weighted by molar-refractivity contribution is 5.39. The number of nitrogens with two attached hydrogens (primary N) is 1. The highest BCUT2D eigenvalue weighted by atomic mass is 16.5. The summed E-state index contributed by atoms with van der Waals surface area (Å²) in [7, 11) is 1.67. The Morgan fingerprint density at radius 3 is 2.58 bits per heavy atom. The monoisotopic (exact) mass is 260 g/mol. The number of ether oxygens (including phenoxy) is 1. The second-order valence-corrected chi connectivity index (χ2v) is 5.54. The van der Waals surface area contributed by atoms with E-state index >= 15 is 0 Å². The maximum atomic E-state index is 5.93. The molecule has 0 atom stereocenters. The molecule has 5 nitrogen and oxygen atoms in total. The predicted molar refractivity (Wildman–Crippen MR) is 75.2 cm³/mol. The van der Waals surface area contributed by atoms with Gasteiger partial charge in [0.1, 0.15) is 5.75 Å². The number of rotatable bonds is 3. The minimum absolute atomic E-state index is 0.102. The van der Waals surface area contributed by atoms with E-state index in [0.29, 0.717) is 12.4 Å². The first-order chi connectivity index (χ1) is 8.93. The van der Waals surface area contributed by atoms with Crippen molar-refractivity contribution in [2.45, 2.75) is 32.7 Å². The molecule has 0 saturated heterocycles. The van der Waals surface area contributed by atoms with Crippen LogP contribution in [0.2, 0.25) is 0 Å². The van der Waals surface area contributed by atoms with Gasteiger partial charge in [-0.1, -0.05) is 44.2 Å². The van der Waals surface area contributed by atoms with Gasteiger partial charge in [-0.05, 0) is 6.07 Å². The number of nitrogens with zero attached hydrogens (tertiary/aromatic N) is 3. The number of methoxy groups -OCH3 is 1. The van der Waals surface area contributed by atoms with Crippen molar-refractivity contribution in [1.29, 1.82) is 0 Å². The molecular formula is C14H20N4O. The number of para-hydroxylation sites is 1. The second kappa shape index (κ2) is 4.91. The first kappa shape index (κ1) is 13.4. The Labute approximate surface area is 113 Å². The quantitative estimate of drug-likeness (QED) is 0.919. The van der Waals surface area contributed by atoms with Gasteiger partial charge in [-0.2, -0.15) is 0 Å². The zero-order valence-electron chi connectivity index (χ0n) is 11.8. The Morgan fingerprint density at radius 2 is 1.95 bits per heavy atom. The van der Waals surface area contributed by atoms with Gasteiger partial charge in [0.2, 0.25) is 0 Å². The second-order valence-electron chi connectivity index (χ2n) is 5.54. The van der Waals surface area contributed by atoms with Crippen molar-refractivity contribution in [1.82, 2.24) is 15.0 Å². The Bertz CT molecular complexity index is 569. The van der Waals surface area contributed by atoms with E-state index in [-0.39, 0.29) is 5.41 Å². The first-order valence-electron chi connectivity index (χ1n) is 6.25. The maximum Gasteiger partial charge on any atom is 0.169 e. The number of anilines is 1. The van der Waals surface area contributed by atoms with Gasteiger partial charge in [0.05, 0.1) is 19.3 Å². The van der Waals surface area contributed by atoms with E-state index in [2.05, 4.69) is 31.1 Å². The molecular weight excluding hydrogens is 240 g/mol. The first-order valence-corrected chi connectivity index (χ1v) is 6.25. The molecule has 2 aromatic rings. The van der Waals surface area contributed by atoms with Crippen molar-refractivity contribution in [3.63, 3.8) is 0 Å². The van der Waals surface area contributed by atoms with Crippen LogP contribution in [0.1, 0.15) is 32.0 Å². The molecule has 5 heteroatoms. The fraction of sp³-hybridized carbons (Fsp3) is 0.429. The highest BCUT2D eigenvalue weighted by Crippen LogP contribution is 2.27. The minimum Gasteiger partial charge on any atom is -0.496 e. The molecule has 1 aromatic carbocycles. The zero-order valence-corrected chi connectivity index (χ0v) is 11.8. The summed E-state index contributed by atoms with van der Waals surface area (Å²) in [5.41, 5.74) is 7.82. The molecule has 0 unspecified atom stereocenters. The Hall–Kier alpha value is -2.04. The Morgan fingerprint density at radius 1 is 1.26 bits per heavy atom. The molecule has 0 spiro atoms. The summed E-state index contributed by atoms with van der Waals surface area (Å²) in [6.45, 7) is 6.89. The number of hydrogen-bond acceptors (Lipinski definition) is 4. The van der Waals surface area contributed by atoms with Crippen LogP contribution in [0.25, 0.3) is 0 Å². The lowest BCUT2D eigenvalue weighted by Gasteiger charge is -2.20. The van der Waals surface area contributed by atoms with Crippen LogP contribution in [0.4, 0.5) is 5.82 Å². The molecule has 102 valence electrons. The van der Waals surface area contributed by atoms with E-state index in [1.54, 1.807) is 7.11 Å². The van der Waals surface area contributed by atoms with E-state index in [4.69, 9.17) is 10.5 Å². The summed E-state index contributed by atoms with van der Waals surface area (Å²) in [6.07, 6.45) is 0. The molecule has 0 aliphatic heterocycles. The smallest absolute Gasteiger partial charge is 0.169 e. The van der Waals surface area contributed by atoms with Gasteiger partial charge in [0.25, 0.3) is 0 Å². The topological polar surface area (TPSA) is 66.0 Å².